The van der Waals surface area contributed by atoms with Gasteiger partial charge in [-0.3, -0.25) is 0 Å². The number of benzene rings is 1. The fraction of sp³-hybridized carbons (Fsp3) is 0.500. The van der Waals surface area contributed by atoms with E-state index in [9.17, 15) is 8.94 Å². The molecule has 0 saturated carbocycles. The van der Waals surface area contributed by atoms with Crippen LogP contribution in [0.4, 0.5) is 4.39 Å². The van der Waals surface area contributed by atoms with E-state index in [0.717, 1.165) is 25.9 Å². The zero-order chi connectivity index (χ0) is 11.8. The van der Waals surface area contributed by atoms with Gasteiger partial charge in [-0.15, -0.1) is 4.31 Å². The molecule has 17 heavy (non-hydrogen) atoms. The number of piperazine rings is 1. The highest BCUT2D eigenvalue weighted by Gasteiger charge is 2.44. The third-order valence-corrected chi connectivity index (χ3v) is 5.17. The first kappa shape index (κ1) is 11.5. The first-order valence-electron chi connectivity index (χ1n) is 5.92. The fourth-order valence-corrected chi connectivity index (χ4v) is 4.20. The molecule has 2 fully saturated rings. The fourth-order valence-electron chi connectivity index (χ4n) is 2.68. The normalized spacial score (nSPS) is 30.5. The highest BCUT2D eigenvalue weighted by atomic mass is 32.2. The molecule has 2 bridgehead atoms. The van der Waals surface area contributed by atoms with Gasteiger partial charge in [0.1, 0.15) is 5.82 Å². The van der Waals surface area contributed by atoms with Crippen LogP contribution in [0.1, 0.15) is 12.8 Å². The van der Waals surface area contributed by atoms with Crippen molar-refractivity contribution in [3.8, 4) is 0 Å². The van der Waals surface area contributed by atoms with E-state index in [1.165, 1.54) is 12.1 Å². The number of rotatable bonds is 2. The van der Waals surface area contributed by atoms with Crippen molar-refractivity contribution in [1.82, 2.24) is 9.62 Å². The molecule has 2 heterocycles. The molecule has 92 valence electrons. The summed E-state index contributed by atoms with van der Waals surface area (Å²) < 4.78 is 27.4. The van der Waals surface area contributed by atoms with Gasteiger partial charge < -0.3 is 9.87 Å². The average Bonchev–Trinajstić information content (AvgIpc) is 2.59. The summed E-state index contributed by atoms with van der Waals surface area (Å²) in [5.74, 6) is -0.283. The molecule has 0 aromatic heterocycles. The van der Waals surface area contributed by atoms with Crippen molar-refractivity contribution >= 4 is 11.4 Å². The molecule has 2 aliphatic heterocycles. The predicted octanol–water partition coefficient (Wildman–Crippen LogP) is 1.28. The number of fused-ring (bicyclic) bond motifs is 2. The maximum atomic E-state index is 12.8. The molecule has 3 unspecified atom stereocenters. The Morgan fingerprint density at radius 3 is 2.35 bits per heavy atom. The number of halogens is 1. The summed E-state index contributed by atoms with van der Waals surface area (Å²) in [6, 6.07) is 6.70. The highest BCUT2D eigenvalue weighted by Crippen LogP contribution is 2.32. The Balaban J connectivity index is 1.82. The average molecular weight is 254 g/mol. The first-order valence-corrected chi connectivity index (χ1v) is 7.03. The number of nitrogens with one attached hydrogen (secondary N) is 1. The molecule has 3 nitrogen and oxygen atoms in total. The molecule has 0 aliphatic carbocycles. The zero-order valence-electron chi connectivity index (χ0n) is 9.43. The lowest BCUT2D eigenvalue weighted by Crippen LogP contribution is -2.53. The molecule has 0 spiro atoms. The van der Waals surface area contributed by atoms with E-state index in [1.54, 1.807) is 12.1 Å². The first-order chi connectivity index (χ1) is 8.25. The van der Waals surface area contributed by atoms with E-state index in [1.807, 2.05) is 0 Å². The van der Waals surface area contributed by atoms with E-state index in [-0.39, 0.29) is 5.82 Å². The summed E-state index contributed by atoms with van der Waals surface area (Å²) in [7, 11) is 0. The van der Waals surface area contributed by atoms with Gasteiger partial charge in [-0.25, -0.2) is 4.39 Å². The molecule has 0 amide bonds. The van der Waals surface area contributed by atoms with Gasteiger partial charge in [-0.2, -0.15) is 0 Å². The quantitative estimate of drug-likeness (QED) is 0.808. The van der Waals surface area contributed by atoms with Gasteiger partial charge >= 0.3 is 0 Å². The number of hydrogen-bond acceptors (Lipinski definition) is 3. The van der Waals surface area contributed by atoms with Crippen molar-refractivity contribution < 1.29 is 8.94 Å². The summed E-state index contributed by atoms with van der Waals surface area (Å²) in [5.41, 5.74) is 0. The summed E-state index contributed by atoms with van der Waals surface area (Å²) in [6.07, 6.45) is 2.20. The Morgan fingerprint density at radius 2 is 1.76 bits per heavy atom. The molecule has 0 radical (unpaired) electrons. The highest BCUT2D eigenvalue weighted by molar-refractivity contribution is 7.89. The second kappa shape index (κ2) is 4.57. The molecule has 3 rings (SSSR count). The van der Waals surface area contributed by atoms with Crippen LogP contribution in [0.15, 0.2) is 29.2 Å². The van der Waals surface area contributed by atoms with Gasteiger partial charge in [-0.05, 0) is 37.1 Å². The van der Waals surface area contributed by atoms with Crippen LogP contribution in [0, 0.1) is 5.82 Å². The lowest BCUT2D eigenvalue weighted by molar-refractivity contribution is 0.263. The van der Waals surface area contributed by atoms with E-state index < -0.39 is 11.4 Å². The van der Waals surface area contributed by atoms with Crippen molar-refractivity contribution in [3.05, 3.63) is 30.1 Å². The predicted molar refractivity (Wildman–Crippen MR) is 64.3 cm³/mol. The van der Waals surface area contributed by atoms with Crippen molar-refractivity contribution in [2.75, 3.05) is 13.1 Å². The molecule has 1 N–H and O–H groups in total. The molecule has 3 atom stereocenters. The summed E-state index contributed by atoms with van der Waals surface area (Å²) in [4.78, 5) is 0.699. The second-order valence-corrected chi connectivity index (χ2v) is 6.00. The summed E-state index contributed by atoms with van der Waals surface area (Å²) in [6.45, 7) is 1.81. The third-order valence-electron chi connectivity index (χ3n) is 3.52. The molecule has 1 aromatic carbocycles. The van der Waals surface area contributed by atoms with E-state index in [2.05, 4.69) is 9.62 Å². The largest absolute Gasteiger partial charge is 0.593 e. The van der Waals surface area contributed by atoms with Crippen molar-refractivity contribution in [2.45, 2.75) is 29.8 Å². The minimum absolute atomic E-state index is 0.283. The second-order valence-electron chi connectivity index (χ2n) is 4.61. The standard InChI is InChI=1S/C12H15FN2OS/c13-9-1-5-12(6-2-9)17(16)15-10-3-4-11(15)8-14-7-10/h1-2,5-6,10-11,14H,3-4,7-8H2. The van der Waals surface area contributed by atoms with Gasteiger partial charge in [0, 0.05) is 13.1 Å². The topological polar surface area (TPSA) is 38.3 Å². The van der Waals surface area contributed by atoms with E-state index >= 15 is 0 Å². The maximum Gasteiger partial charge on any atom is 0.174 e. The minimum Gasteiger partial charge on any atom is -0.593 e. The number of hydrogen-bond donors (Lipinski definition) is 1. The van der Waals surface area contributed by atoms with Crippen LogP contribution in [0.25, 0.3) is 0 Å². The lowest BCUT2D eigenvalue weighted by Gasteiger charge is -2.34. The van der Waals surface area contributed by atoms with Crippen molar-refractivity contribution in [2.24, 2.45) is 0 Å². The smallest absolute Gasteiger partial charge is 0.174 e. The van der Waals surface area contributed by atoms with Crippen LogP contribution in [0.2, 0.25) is 0 Å². The van der Waals surface area contributed by atoms with Crippen molar-refractivity contribution in [3.63, 3.8) is 0 Å². The van der Waals surface area contributed by atoms with Gasteiger partial charge in [-0.1, -0.05) is 0 Å². The van der Waals surface area contributed by atoms with Crippen molar-refractivity contribution in [1.29, 1.82) is 0 Å². The Morgan fingerprint density at radius 1 is 1.18 bits per heavy atom. The van der Waals surface area contributed by atoms with Crippen LogP contribution < -0.4 is 5.32 Å². The van der Waals surface area contributed by atoms with Gasteiger partial charge in [0.2, 0.25) is 0 Å². The van der Waals surface area contributed by atoms with E-state index in [4.69, 9.17) is 0 Å². The summed E-state index contributed by atoms with van der Waals surface area (Å²) >= 11 is -1.15. The molecular formula is C12H15FN2OS. The minimum atomic E-state index is -1.15. The van der Waals surface area contributed by atoms with Gasteiger partial charge in [0.25, 0.3) is 0 Å². The van der Waals surface area contributed by atoms with Crippen LogP contribution in [-0.4, -0.2) is 34.0 Å². The van der Waals surface area contributed by atoms with Crippen LogP contribution in [0.3, 0.4) is 0 Å². The summed E-state index contributed by atoms with van der Waals surface area (Å²) in [5, 5.41) is 3.36. The van der Waals surface area contributed by atoms with Crippen LogP contribution >= 0.6 is 0 Å². The Kier molecular flexibility index (Phi) is 3.08. The molecule has 2 aliphatic rings. The van der Waals surface area contributed by atoms with E-state index in [0.29, 0.717) is 17.0 Å². The molecular weight excluding hydrogens is 239 g/mol. The van der Waals surface area contributed by atoms with Gasteiger partial charge in [0.05, 0.1) is 23.4 Å². The van der Waals surface area contributed by atoms with Gasteiger partial charge in [0.15, 0.2) is 4.90 Å². The molecule has 2 saturated heterocycles. The Bertz CT molecular complexity index is 384. The Labute approximate surface area is 103 Å². The molecule has 1 aromatic rings. The molecule has 5 heteroatoms. The third kappa shape index (κ3) is 2.08. The monoisotopic (exact) mass is 254 g/mol. The van der Waals surface area contributed by atoms with Crippen LogP contribution in [0.5, 0.6) is 0 Å². The Hall–Kier alpha value is -0.620. The number of nitrogens with zero attached hydrogens (tertiary/aromatic N) is 1. The SMILES string of the molecule is [O-][S+](c1ccc(F)cc1)N1C2CCC1CNC2. The zero-order valence-corrected chi connectivity index (χ0v) is 10.3. The lowest BCUT2D eigenvalue weighted by atomic mass is 10.2. The van der Waals surface area contributed by atoms with Crippen LogP contribution in [-0.2, 0) is 11.4 Å². The maximum absolute atomic E-state index is 12.8.